The lowest BCUT2D eigenvalue weighted by Gasteiger charge is -2.26. The normalized spacial score (nSPS) is 20.2. The third-order valence-electron chi connectivity index (χ3n) is 3.41. The molecule has 0 fully saturated rings. The molecular formula is C18H26F3NO4. The Balaban J connectivity index is 0.00000163. The average Bonchev–Trinajstić information content (AvgIpc) is 2.66. The maximum atomic E-state index is 12.8. The van der Waals surface area contributed by atoms with Crippen molar-refractivity contribution in [3.05, 3.63) is 34.9 Å². The molecule has 0 aliphatic carbocycles. The monoisotopic (exact) mass is 377 g/mol. The predicted molar refractivity (Wildman–Crippen MR) is 90.6 cm³/mol. The molecule has 1 aromatic rings. The van der Waals surface area contributed by atoms with Crippen molar-refractivity contribution in [2.75, 3.05) is 6.61 Å². The van der Waals surface area contributed by atoms with E-state index in [1.807, 2.05) is 13.8 Å². The molecule has 2 N–H and O–H groups in total. The summed E-state index contributed by atoms with van der Waals surface area (Å²) in [6.07, 6.45) is -6.34. The van der Waals surface area contributed by atoms with E-state index in [4.69, 9.17) is 9.47 Å². The summed E-state index contributed by atoms with van der Waals surface area (Å²) in [5.74, 6) is 0. The molecule has 0 aromatic heterocycles. The number of ether oxygens (including phenoxy) is 2. The molecule has 1 aliphatic rings. The van der Waals surface area contributed by atoms with E-state index in [2.05, 4.69) is 5.32 Å². The van der Waals surface area contributed by atoms with Gasteiger partial charge in [-0.25, -0.2) is 4.79 Å². The van der Waals surface area contributed by atoms with Gasteiger partial charge in [0.25, 0.3) is 0 Å². The van der Waals surface area contributed by atoms with Gasteiger partial charge >= 0.3 is 12.3 Å². The molecule has 1 aromatic carbocycles. The van der Waals surface area contributed by atoms with Gasteiger partial charge in [-0.05, 0) is 44.0 Å². The molecule has 0 radical (unpaired) electrons. The molecule has 2 unspecified atom stereocenters. The number of hydrogen-bond acceptors (Lipinski definition) is 4. The number of hydrogen-bond donors (Lipinski definition) is 2. The second-order valence-corrected chi connectivity index (χ2v) is 6.62. The quantitative estimate of drug-likeness (QED) is 0.770. The number of carbonyl (C=O) groups excluding carboxylic acids is 1. The Morgan fingerprint density at radius 2 is 1.88 bits per heavy atom. The van der Waals surface area contributed by atoms with Crippen LogP contribution in [0.5, 0.6) is 0 Å². The fourth-order valence-corrected chi connectivity index (χ4v) is 2.41. The van der Waals surface area contributed by atoms with E-state index in [1.54, 1.807) is 20.8 Å². The zero-order valence-electron chi connectivity index (χ0n) is 15.6. The molecule has 0 spiro atoms. The second kappa shape index (κ2) is 8.73. The Morgan fingerprint density at radius 1 is 1.27 bits per heavy atom. The maximum Gasteiger partial charge on any atom is 0.416 e. The number of halogens is 3. The van der Waals surface area contributed by atoms with E-state index in [9.17, 15) is 23.1 Å². The zero-order chi connectivity index (χ0) is 20.1. The van der Waals surface area contributed by atoms with Gasteiger partial charge in [0.1, 0.15) is 11.7 Å². The van der Waals surface area contributed by atoms with E-state index < -0.39 is 35.6 Å². The first-order chi connectivity index (χ1) is 12.0. The molecule has 2 atom stereocenters. The van der Waals surface area contributed by atoms with Crippen LogP contribution in [0.25, 0.3) is 0 Å². The number of amides is 1. The number of fused-ring (bicyclic) bond motifs is 1. The first-order valence-electron chi connectivity index (χ1n) is 8.43. The highest BCUT2D eigenvalue weighted by Gasteiger charge is 2.34. The largest absolute Gasteiger partial charge is 0.444 e. The summed E-state index contributed by atoms with van der Waals surface area (Å²) in [5, 5.41) is 12.7. The van der Waals surface area contributed by atoms with Gasteiger partial charge in [0.2, 0.25) is 0 Å². The van der Waals surface area contributed by atoms with Gasteiger partial charge in [-0.3, -0.25) is 0 Å². The van der Waals surface area contributed by atoms with Crippen molar-refractivity contribution in [1.29, 1.82) is 0 Å². The zero-order valence-corrected chi connectivity index (χ0v) is 15.6. The molecule has 1 amide bonds. The Morgan fingerprint density at radius 3 is 2.42 bits per heavy atom. The minimum Gasteiger partial charge on any atom is -0.444 e. The maximum absolute atomic E-state index is 12.8. The fraction of sp³-hybridized carbons (Fsp3) is 0.611. The van der Waals surface area contributed by atoms with Gasteiger partial charge in [-0.15, -0.1) is 0 Å². The molecule has 2 rings (SSSR count). The van der Waals surface area contributed by atoms with Crippen LogP contribution < -0.4 is 5.32 Å². The number of rotatable bonds is 1. The highest BCUT2D eigenvalue weighted by atomic mass is 19.4. The Bertz CT molecular complexity index is 611. The lowest BCUT2D eigenvalue weighted by atomic mass is 9.95. The van der Waals surface area contributed by atoms with Gasteiger partial charge in [0.15, 0.2) is 0 Å². The Hall–Kier alpha value is -1.80. The van der Waals surface area contributed by atoms with E-state index in [-0.39, 0.29) is 18.8 Å². The number of alkyl carbamates (subject to hydrolysis) is 1. The number of alkyl halides is 3. The molecule has 0 bridgehead atoms. The van der Waals surface area contributed by atoms with Crippen molar-refractivity contribution < 1.29 is 32.5 Å². The number of aliphatic hydroxyl groups is 1. The van der Waals surface area contributed by atoms with Crippen LogP contribution in [0.4, 0.5) is 18.0 Å². The topological polar surface area (TPSA) is 67.8 Å². The van der Waals surface area contributed by atoms with Crippen LogP contribution in [-0.2, 0) is 22.3 Å². The van der Waals surface area contributed by atoms with Crippen molar-refractivity contribution in [2.24, 2.45) is 0 Å². The minimum absolute atomic E-state index is 0.0805. The van der Waals surface area contributed by atoms with E-state index in [1.165, 1.54) is 6.07 Å². The summed E-state index contributed by atoms with van der Waals surface area (Å²) in [6, 6.07) is 2.22. The lowest BCUT2D eigenvalue weighted by molar-refractivity contribution is -0.137. The summed E-state index contributed by atoms with van der Waals surface area (Å²) in [5.41, 5.74) is -0.905. The van der Waals surface area contributed by atoms with Crippen molar-refractivity contribution in [3.8, 4) is 0 Å². The van der Waals surface area contributed by atoms with Crippen LogP contribution >= 0.6 is 0 Å². The molecule has 26 heavy (non-hydrogen) atoms. The van der Waals surface area contributed by atoms with Crippen LogP contribution in [-0.4, -0.2) is 29.5 Å². The standard InChI is InChI=1S/C16H20F3NO4.C2H6/c1-15(2,3)24-14(22)20-13-11-5-4-10(16(17,18)19)6-9(11)7-23-8-12(13)21;1-2/h4-6,12-13,21H,7-8H2,1-3H3,(H,20,22);1-2H3. The molecule has 1 heterocycles. The average molecular weight is 377 g/mol. The summed E-state index contributed by atoms with van der Waals surface area (Å²) in [6.45, 7) is 8.85. The van der Waals surface area contributed by atoms with Crippen molar-refractivity contribution >= 4 is 6.09 Å². The molecular weight excluding hydrogens is 351 g/mol. The van der Waals surface area contributed by atoms with Gasteiger partial charge < -0.3 is 19.9 Å². The highest BCUT2D eigenvalue weighted by molar-refractivity contribution is 5.68. The number of aliphatic hydroxyl groups excluding tert-OH is 1. The summed E-state index contributed by atoms with van der Waals surface area (Å²) < 4.78 is 48.9. The van der Waals surface area contributed by atoms with E-state index in [0.717, 1.165) is 12.1 Å². The van der Waals surface area contributed by atoms with Gasteiger partial charge in [0.05, 0.1) is 24.8 Å². The number of benzene rings is 1. The van der Waals surface area contributed by atoms with Crippen LogP contribution in [0, 0.1) is 0 Å². The van der Waals surface area contributed by atoms with E-state index >= 15 is 0 Å². The summed E-state index contributed by atoms with van der Waals surface area (Å²) in [7, 11) is 0. The van der Waals surface area contributed by atoms with Gasteiger partial charge in [-0.2, -0.15) is 13.2 Å². The molecule has 8 heteroatoms. The fourth-order valence-electron chi connectivity index (χ4n) is 2.41. The van der Waals surface area contributed by atoms with Crippen molar-refractivity contribution in [2.45, 2.75) is 65.1 Å². The first kappa shape index (κ1) is 22.2. The number of carbonyl (C=O) groups is 1. The first-order valence-corrected chi connectivity index (χ1v) is 8.43. The lowest BCUT2D eigenvalue weighted by Crippen LogP contribution is -2.40. The Kier molecular flexibility index (Phi) is 7.46. The van der Waals surface area contributed by atoms with E-state index in [0.29, 0.717) is 5.56 Å². The second-order valence-electron chi connectivity index (χ2n) is 6.62. The van der Waals surface area contributed by atoms with Gasteiger partial charge in [0, 0.05) is 0 Å². The molecule has 0 saturated carbocycles. The molecule has 1 aliphatic heterocycles. The SMILES string of the molecule is CC.CC(C)(C)OC(=O)NC1c2ccc(C(F)(F)F)cc2COCC1O. The minimum atomic E-state index is -4.48. The highest BCUT2D eigenvalue weighted by Crippen LogP contribution is 2.34. The van der Waals surface area contributed by atoms with Crippen LogP contribution in [0.3, 0.4) is 0 Å². The molecule has 0 saturated heterocycles. The smallest absolute Gasteiger partial charge is 0.416 e. The third-order valence-corrected chi connectivity index (χ3v) is 3.41. The van der Waals surface area contributed by atoms with Crippen molar-refractivity contribution in [1.82, 2.24) is 5.32 Å². The molecule has 148 valence electrons. The van der Waals surface area contributed by atoms with Crippen LogP contribution in [0.1, 0.15) is 57.4 Å². The Labute approximate surface area is 151 Å². The summed E-state index contributed by atoms with van der Waals surface area (Å²) in [4.78, 5) is 12.0. The summed E-state index contributed by atoms with van der Waals surface area (Å²) >= 11 is 0. The third kappa shape index (κ3) is 6.17. The number of nitrogens with one attached hydrogen (secondary N) is 1. The van der Waals surface area contributed by atoms with Crippen molar-refractivity contribution in [3.63, 3.8) is 0 Å². The molecule has 5 nitrogen and oxygen atoms in total. The van der Waals surface area contributed by atoms with Crippen LogP contribution in [0.15, 0.2) is 18.2 Å². The van der Waals surface area contributed by atoms with Gasteiger partial charge in [-0.1, -0.05) is 19.9 Å². The predicted octanol–water partition coefficient (Wildman–Crippen LogP) is 4.19. The van der Waals surface area contributed by atoms with Crippen LogP contribution in [0.2, 0.25) is 0 Å².